The highest BCUT2D eigenvalue weighted by atomic mass is 16.5. The second-order valence-corrected chi connectivity index (χ2v) is 12.7. The lowest BCUT2D eigenvalue weighted by Crippen LogP contribution is -2.36. The van der Waals surface area contributed by atoms with Crippen molar-refractivity contribution in [3.05, 3.63) is 23.8 Å². The van der Waals surface area contributed by atoms with Crippen molar-refractivity contribution in [2.75, 3.05) is 0 Å². The van der Waals surface area contributed by atoms with E-state index in [2.05, 4.69) is 39.0 Å². The van der Waals surface area contributed by atoms with Crippen molar-refractivity contribution in [2.45, 2.75) is 110 Å². The Bertz CT molecular complexity index is 897. The lowest BCUT2D eigenvalue weighted by Gasteiger charge is -2.44. The zero-order valence-corrected chi connectivity index (χ0v) is 21.9. The Hall–Kier alpha value is -1.46. The van der Waals surface area contributed by atoms with Gasteiger partial charge in [0, 0.05) is 19.3 Å². The maximum absolute atomic E-state index is 13.0. The highest BCUT2D eigenvalue weighted by Crippen LogP contribution is 2.68. The second kappa shape index (κ2) is 8.58. The van der Waals surface area contributed by atoms with Crippen LogP contribution in [0.1, 0.15) is 92.9 Å². The highest BCUT2D eigenvalue weighted by molar-refractivity contribution is 5.98. The molecule has 1 unspecified atom stereocenters. The fraction of sp³-hybridized carbons (Fsp3) is 0.793. The Morgan fingerprint density at radius 3 is 2.62 bits per heavy atom. The number of fused-ring (bicyclic) bond motifs is 2. The van der Waals surface area contributed by atoms with E-state index in [1.807, 2.05) is 13.8 Å². The fourth-order valence-electron chi connectivity index (χ4n) is 7.61. The quantitative estimate of drug-likeness (QED) is 0.396. The number of rotatable bonds is 7. The average molecular weight is 473 g/mol. The zero-order valence-electron chi connectivity index (χ0n) is 21.9. The van der Waals surface area contributed by atoms with E-state index in [-0.39, 0.29) is 23.5 Å². The minimum atomic E-state index is -1.01. The topological polar surface area (TPSA) is 83.8 Å². The van der Waals surface area contributed by atoms with Crippen LogP contribution < -0.4 is 0 Å². The smallest absolute Gasteiger partial charge is 0.303 e. The predicted octanol–water partition coefficient (Wildman–Crippen LogP) is 5.14. The third-order valence-corrected chi connectivity index (χ3v) is 10.2. The summed E-state index contributed by atoms with van der Waals surface area (Å²) in [6, 6.07) is 0. The lowest BCUT2D eigenvalue weighted by molar-refractivity contribution is -0.153. The number of carbonyl (C=O) groups excluding carboxylic acids is 2. The Balaban J connectivity index is 1.47. The van der Waals surface area contributed by atoms with Gasteiger partial charge in [0.15, 0.2) is 11.9 Å². The fourth-order valence-corrected chi connectivity index (χ4v) is 7.61. The number of carbonyl (C=O) groups is 2. The zero-order chi connectivity index (χ0) is 25.1. The summed E-state index contributed by atoms with van der Waals surface area (Å²) in [4.78, 5) is 24.4. The molecule has 0 aromatic rings. The summed E-state index contributed by atoms with van der Waals surface area (Å²) in [7, 11) is 0. The molecule has 2 N–H and O–H groups in total. The molecular formula is C29H44O5. The molecule has 0 bridgehead atoms. The van der Waals surface area contributed by atoms with Gasteiger partial charge in [0.05, 0.1) is 16.6 Å². The van der Waals surface area contributed by atoms with E-state index < -0.39 is 28.7 Å². The van der Waals surface area contributed by atoms with Crippen molar-refractivity contribution in [2.24, 2.45) is 34.5 Å². The van der Waals surface area contributed by atoms with Crippen molar-refractivity contribution in [3.8, 4) is 0 Å². The minimum Gasteiger partial charge on any atom is -0.454 e. The minimum absolute atomic E-state index is 0.0930. The van der Waals surface area contributed by atoms with Crippen LogP contribution in [0.2, 0.25) is 0 Å². The van der Waals surface area contributed by atoms with Crippen molar-refractivity contribution in [1.29, 1.82) is 0 Å². The average Bonchev–Trinajstić information content (AvgIpc) is 3.06. The largest absolute Gasteiger partial charge is 0.454 e. The number of hydrogen-bond donors (Lipinski definition) is 2. The number of ketones is 1. The first-order chi connectivity index (χ1) is 15.7. The van der Waals surface area contributed by atoms with Crippen molar-refractivity contribution in [1.82, 2.24) is 0 Å². The first-order valence-corrected chi connectivity index (χ1v) is 13.3. The molecule has 8 atom stereocenters. The SMILES string of the molecule is CC(=O)O[C@H]1C[C@@]2(O)CC2(C/C=C2\CCC[C@]3(C)[C@@H]([C@H](C)/C=C/[C@H](C)C(C)(C)O)CC[C@@H]23)C1=O. The van der Waals surface area contributed by atoms with Gasteiger partial charge in [-0.2, -0.15) is 0 Å². The van der Waals surface area contributed by atoms with Crippen LogP contribution in [0.5, 0.6) is 0 Å². The lowest BCUT2D eigenvalue weighted by atomic mass is 9.61. The van der Waals surface area contributed by atoms with Crippen LogP contribution >= 0.6 is 0 Å². The molecule has 0 aliphatic heterocycles. The molecule has 34 heavy (non-hydrogen) atoms. The summed E-state index contributed by atoms with van der Waals surface area (Å²) >= 11 is 0. The van der Waals surface area contributed by atoms with Gasteiger partial charge in [-0.25, -0.2) is 0 Å². The first-order valence-electron chi connectivity index (χ1n) is 13.3. The van der Waals surface area contributed by atoms with Crippen LogP contribution in [0.25, 0.3) is 0 Å². The summed E-state index contributed by atoms with van der Waals surface area (Å²) < 4.78 is 5.20. The Kier molecular flexibility index (Phi) is 6.47. The number of Topliss-reactive ketones (excluding diaryl/α,β-unsaturated/α-hetero) is 1. The van der Waals surface area contributed by atoms with Gasteiger partial charge in [-0.3, -0.25) is 9.59 Å². The number of aliphatic hydroxyl groups is 2. The predicted molar refractivity (Wildman–Crippen MR) is 132 cm³/mol. The third-order valence-electron chi connectivity index (χ3n) is 10.2. The van der Waals surface area contributed by atoms with E-state index in [9.17, 15) is 19.8 Å². The molecule has 0 aromatic carbocycles. The number of allylic oxidation sites excluding steroid dienone is 3. The number of ether oxygens (including phenoxy) is 1. The van der Waals surface area contributed by atoms with Crippen LogP contribution in [0, 0.1) is 34.5 Å². The molecule has 5 heteroatoms. The molecule has 190 valence electrons. The van der Waals surface area contributed by atoms with Gasteiger partial charge in [0.25, 0.3) is 0 Å². The molecule has 0 radical (unpaired) electrons. The maximum atomic E-state index is 13.0. The van der Waals surface area contributed by atoms with Gasteiger partial charge in [0.1, 0.15) is 0 Å². The molecule has 0 amide bonds. The van der Waals surface area contributed by atoms with Gasteiger partial charge in [-0.15, -0.1) is 0 Å². The Morgan fingerprint density at radius 2 is 1.97 bits per heavy atom. The molecule has 5 nitrogen and oxygen atoms in total. The molecule has 4 fully saturated rings. The van der Waals surface area contributed by atoms with E-state index in [4.69, 9.17) is 4.74 Å². The normalized spacial score (nSPS) is 42.5. The Labute approximate surface area is 205 Å². The van der Waals surface area contributed by atoms with Crippen LogP contribution in [-0.4, -0.2) is 39.3 Å². The van der Waals surface area contributed by atoms with E-state index >= 15 is 0 Å². The van der Waals surface area contributed by atoms with E-state index in [0.29, 0.717) is 30.6 Å². The molecule has 4 saturated carbocycles. The second-order valence-electron chi connectivity index (χ2n) is 12.7. The van der Waals surface area contributed by atoms with Gasteiger partial charge in [0.2, 0.25) is 0 Å². The van der Waals surface area contributed by atoms with Gasteiger partial charge < -0.3 is 14.9 Å². The van der Waals surface area contributed by atoms with E-state index in [0.717, 1.165) is 12.8 Å². The summed E-state index contributed by atoms with van der Waals surface area (Å²) in [5.41, 5.74) is -0.772. The summed E-state index contributed by atoms with van der Waals surface area (Å²) in [6.45, 7) is 11.9. The molecule has 0 saturated heterocycles. The first kappa shape index (κ1) is 25.6. The molecule has 0 spiro atoms. The monoisotopic (exact) mass is 472 g/mol. The standard InChI is InChI=1S/C29H44O5/c1-18(9-10-19(2)26(4,5)32)22-11-12-23-21(8-7-14-27(22,23)6)13-15-28-17-29(28,33)16-24(25(28)31)34-20(3)30/h9-10,13,18-19,22-24,32-33H,7-8,11-12,14-17H2,1-6H3/b10-9+,21-13+/t18-,19+,22-,23+,24+,27-,28?,29-/m1/s1. The molecule has 4 aliphatic carbocycles. The van der Waals surface area contributed by atoms with Crippen LogP contribution in [0.15, 0.2) is 23.8 Å². The molecule has 4 aliphatic rings. The third kappa shape index (κ3) is 4.21. The van der Waals surface area contributed by atoms with Crippen molar-refractivity contribution >= 4 is 11.8 Å². The van der Waals surface area contributed by atoms with Gasteiger partial charge >= 0.3 is 5.97 Å². The van der Waals surface area contributed by atoms with E-state index in [1.165, 1.54) is 31.8 Å². The van der Waals surface area contributed by atoms with Gasteiger partial charge in [-0.1, -0.05) is 44.6 Å². The molecule has 4 rings (SSSR count). The molecular weight excluding hydrogens is 428 g/mol. The van der Waals surface area contributed by atoms with E-state index in [1.54, 1.807) is 0 Å². The van der Waals surface area contributed by atoms with Crippen molar-refractivity contribution < 1.29 is 24.5 Å². The number of esters is 1. The Morgan fingerprint density at radius 1 is 1.26 bits per heavy atom. The number of hydrogen-bond acceptors (Lipinski definition) is 5. The summed E-state index contributed by atoms with van der Waals surface area (Å²) in [5.74, 6) is 1.13. The highest BCUT2D eigenvalue weighted by Gasteiger charge is 2.77. The van der Waals surface area contributed by atoms with Crippen molar-refractivity contribution in [3.63, 3.8) is 0 Å². The molecule has 0 heterocycles. The summed E-state index contributed by atoms with van der Waals surface area (Å²) in [5, 5.41) is 21.2. The molecule has 0 aromatic heterocycles. The maximum Gasteiger partial charge on any atom is 0.303 e. The summed E-state index contributed by atoms with van der Waals surface area (Å²) in [6.07, 6.45) is 13.1. The van der Waals surface area contributed by atoms with Crippen LogP contribution in [-0.2, 0) is 14.3 Å². The van der Waals surface area contributed by atoms with Gasteiger partial charge in [-0.05, 0) is 82.0 Å². The van der Waals surface area contributed by atoms with Crippen LogP contribution in [0.4, 0.5) is 0 Å². The van der Waals surface area contributed by atoms with Crippen LogP contribution in [0.3, 0.4) is 0 Å².